The van der Waals surface area contributed by atoms with E-state index in [9.17, 15) is 0 Å². The number of halogens is 1. The predicted molar refractivity (Wildman–Crippen MR) is 39.3 cm³/mol. The molecule has 0 saturated carbocycles. The van der Waals surface area contributed by atoms with Crippen LogP contribution in [0.15, 0.2) is 17.0 Å². The van der Waals surface area contributed by atoms with Gasteiger partial charge >= 0.3 is 29.6 Å². The normalized spacial score (nSPS) is 8.50. The van der Waals surface area contributed by atoms with Crippen LogP contribution in [0.3, 0.4) is 0 Å². The zero-order valence-electron chi connectivity index (χ0n) is 5.47. The number of rotatable bonds is 0. The smallest absolute Gasteiger partial charge is 0.777 e. The van der Waals surface area contributed by atoms with Crippen LogP contribution in [0.4, 0.5) is 5.82 Å². The van der Waals surface area contributed by atoms with E-state index in [4.69, 9.17) is 30.0 Å². The van der Waals surface area contributed by atoms with Gasteiger partial charge in [0.2, 0.25) is 0 Å². The molecule has 0 spiro atoms. The molecule has 0 fully saturated rings. The minimum absolute atomic E-state index is 0. The minimum atomic E-state index is 0. The number of hydrogen-bond acceptors (Lipinski definition) is 3. The monoisotopic (exact) mass is 182 g/mol. The molecular formula is C5H4ClN2NaS. The van der Waals surface area contributed by atoms with E-state index in [1.807, 2.05) is 0 Å². The Labute approximate surface area is 91.9 Å². The molecule has 0 aliphatic carbocycles. The summed E-state index contributed by atoms with van der Waals surface area (Å²) in [5, 5.41) is 0.296. The van der Waals surface area contributed by atoms with Gasteiger partial charge in [0.05, 0.1) is 0 Å². The van der Waals surface area contributed by atoms with Gasteiger partial charge in [0.1, 0.15) is 11.0 Å². The standard InChI is InChI=1S/C5H5ClN2S.Na/c6-5-3(9)1-2-4(7)8-5;/h1-2,9H,(H2,7,8);/q;+1/p-1. The first-order valence-corrected chi connectivity index (χ1v) is 3.08. The van der Waals surface area contributed by atoms with Crippen molar-refractivity contribution in [2.24, 2.45) is 0 Å². The fourth-order valence-corrected chi connectivity index (χ4v) is 0.710. The van der Waals surface area contributed by atoms with Crippen LogP contribution in [0.25, 0.3) is 0 Å². The van der Waals surface area contributed by atoms with Crippen molar-refractivity contribution in [3.8, 4) is 0 Å². The van der Waals surface area contributed by atoms with Gasteiger partial charge in [-0.25, -0.2) is 4.98 Å². The van der Waals surface area contributed by atoms with Crippen molar-refractivity contribution in [1.29, 1.82) is 0 Å². The number of aromatic nitrogens is 1. The molecule has 1 rings (SSSR count). The van der Waals surface area contributed by atoms with Crippen LogP contribution < -0.4 is 35.3 Å². The van der Waals surface area contributed by atoms with Gasteiger partial charge in [0, 0.05) is 0 Å². The molecule has 0 bridgehead atoms. The number of pyridine rings is 1. The van der Waals surface area contributed by atoms with Crippen molar-refractivity contribution >= 4 is 30.0 Å². The molecule has 0 aromatic carbocycles. The van der Waals surface area contributed by atoms with Gasteiger partial charge in [-0.2, -0.15) is 0 Å². The average Bonchev–Trinajstić information content (AvgIpc) is 1.80. The minimum Gasteiger partial charge on any atom is -0.777 e. The second-order valence-corrected chi connectivity index (χ2v) is 2.32. The summed E-state index contributed by atoms with van der Waals surface area (Å²) in [6.07, 6.45) is 0. The largest absolute Gasteiger partial charge is 1.00 e. The Kier molecular flexibility index (Phi) is 4.56. The first kappa shape index (κ1) is 10.5. The van der Waals surface area contributed by atoms with Crippen molar-refractivity contribution in [3.05, 3.63) is 17.3 Å². The molecule has 2 nitrogen and oxygen atoms in total. The first-order chi connectivity index (χ1) is 4.20. The Morgan fingerprint density at radius 2 is 2.10 bits per heavy atom. The zero-order valence-corrected chi connectivity index (χ0v) is 9.04. The Morgan fingerprint density at radius 3 is 2.50 bits per heavy atom. The number of anilines is 1. The summed E-state index contributed by atoms with van der Waals surface area (Å²) in [5.74, 6) is 0.397. The second kappa shape index (κ2) is 4.36. The third kappa shape index (κ3) is 2.60. The van der Waals surface area contributed by atoms with Crippen LogP contribution in [-0.4, -0.2) is 4.98 Å². The Morgan fingerprint density at radius 1 is 1.50 bits per heavy atom. The SMILES string of the molecule is Nc1ccc([S-])c(Cl)n1.[Na+]. The van der Waals surface area contributed by atoms with Crippen molar-refractivity contribution in [3.63, 3.8) is 0 Å². The number of nitrogen functional groups attached to an aromatic ring is 1. The Balaban J connectivity index is 0.000000810. The molecule has 0 atom stereocenters. The van der Waals surface area contributed by atoms with Gasteiger partial charge in [-0.05, 0) is 6.07 Å². The topological polar surface area (TPSA) is 38.9 Å². The molecule has 1 aromatic heterocycles. The van der Waals surface area contributed by atoms with Gasteiger partial charge in [0.15, 0.2) is 0 Å². The van der Waals surface area contributed by atoms with Crippen LogP contribution >= 0.6 is 11.6 Å². The molecule has 2 N–H and O–H groups in total. The van der Waals surface area contributed by atoms with Crippen LogP contribution in [-0.2, 0) is 12.6 Å². The van der Waals surface area contributed by atoms with E-state index in [1.54, 1.807) is 12.1 Å². The zero-order chi connectivity index (χ0) is 6.85. The Hall–Kier alpha value is 0.460. The van der Waals surface area contributed by atoms with Crippen LogP contribution in [0.1, 0.15) is 0 Å². The van der Waals surface area contributed by atoms with Crippen molar-refractivity contribution in [2.75, 3.05) is 5.73 Å². The van der Waals surface area contributed by atoms with Crippen LogP contribution in [0.2, 0.25) is 5.15 Å². The Bertz CT molecular complexity index is 231. The van der Waals surface area contributed by atoms with E-state index in [1.165, 1.54) is 0 Å². The molecule has 48 valence electrons. The van der Waals surface area contributed by atoms with Gasteiger partial charge in [-0.3, -0.25) is 0 Å². The maximum absolute atomic E-state index is 5.52. The van der Waals surface area contributed by atoms with Gasteiger partial charge in [0.25, 0.3) is 0 Å². The first-order valence-electron chi connectivity index (χ1n) is 2.29. The summed E-state index contributed by atoms with van der Waals surface area (Å²) in [7, 11) is 0. The van der Waals surface area contributed by atoms with Crippen molar-refractivity contribution in [1.82, 2.24) is 4.98 Å². The summed E-state index contributed by atoms with van der Waals surface area (Å²) < 4.78 is 0. The number of nitrogens with two attached hydrogens (primary N) is 1. The molecule has 0 amide bonds. The number of nitrogens with zero attached hydrogens (tertiary/aromatic N) is 1. The van der Waals surface area contributed by atoms with E-state index < -0.39 is 0 Å². The molecule has 0 aliphatic heterocycles. The average molecular weight is 183 g/mol. The molecule has 0 saturated heterocycles. The number of hydrogen-bond donors (Lipinski definition) is 1. The molecule has 0 aliphatic rings. The summed E-state index contributed by atoms with van der Waals surface area (Å²) in [6.45, 7) is 0. The van der Waals surface area contributed by atoms with Crippen LogP contribution in [0, 0.1) is 0 Å². The molecule has 10 heavy (non-hydrogen) atoms. The predicted octanol–water partition coefficient (Wildman–Crippen LogP) is -1.77. The molecule has 1 aromatic rings. The second-order valence-electron chi connectivity index (χ2n) is 1.53. The van der Waals surface area contributed by atoms with E-state index in [-0.39, 0.29) is 29.6 Å². The third-order valence-electron chi connectivity index (χ3n) is 0.836. The van der Waals surface area contributed by atoms with Gasteiger partial charge < -0.3 is 18.4 Å². The fourth-order valence-electron chi connectivity index (χ4n) is 0.436. The van der Waals surface area contributed by atoms with E-state index in [0.717, 1.165) is 0 Å². The van der Waals surface area contributed by atoms with E-state index >= 15 is 0 Å². The van der Waals surface area contributed by atoms with E-state index in [0.29, 0.717) is 15.9 Å². The van der Waals surface area contributed by atoms with Gasteiger partial charge in [-0.15, -0.1) is 4.90 Å². The fraction of sp³-hybridized carbons (Fsp3) is 0. The molecule has 1 heterocycles. The summed E-state index contributed by atoms with van der Waals surface area (Å²) in [5.41, 5.74) is 5.29. The molecule has 0 unspecified atom stereocenters. The van der Waals surface area contributed by atoms with Gasteiger partial charge in [-0.1, -0.05) is 17.7 Å². The van der Waals surface area contributed by atoms with E-state index in [2.05, 4.69) is 4.98 Å². The van der Waals surface area contributed by atoms with Crippen molar-refractivity contribution < 1.29 is 29.6 Å². The summed E-state index contributed by atoms with van der Waals surface area (Å²) in [4.78, 5) is 4.25. The van der Waals surface area contributed by atoms with Crippen LogP contribution in [0.5, 0.6) is 0 Å². The third-order valence-corrected chi connectivity index (χ3v) is 1.57. The molecule has 5 heteroatoms. The van der Waals surface area contributed by atoms with Crippen molar-refractivity contribution in [2.45, 2.75) is 4.90 Å². The maximum atomic E-state index is 5.52. The molecule has 0 radical (unpaired) electrons. The summed E-state index contributed by atoms with van der Waals surface area (Å²) in [6, 6.07) is 3.27. The molecular weight excluding hydrogens is 179 g/mol. The maximum Gasteiger partial charge on any atom is 1.00 e. The quantitative estimate of drug-likeness (QED) is 0.293. The summed E-state index contributed by atoms with van der Waals surface area (Å²) >= 11 is 10.3.